The lowest BCUT2D eigenvalue weighted by atomic mass is 9.91. The van der Waals surface area contributed by atoms with Crippen LogP contribution in [0, 0.1) is 0 Å². The van der Waals surface area contributed by atoms with Gasteiger partial charge >= 0.3 is 0 Å². The van der Waals surface area contributed by atoms with E-state index in [0.29, 0.717) is 5.92 Å². The molecule has 0 spiro atoms. The Hall–Kier alpha value is -3.13. The highest BCUT2D eigenvalue weighted by molar-refractivity contribution is 5.63. The van der Waals surface area contributed by atoms with Crippen LogP contribution in [0.15, 0.2) is 36.7 Å². The molecule has 0 aliphatic carbocycles. The lowest BCUT2D eigenvalue weighted by Gasteiger charge is -2.32. The topological polar surface area (TPSA) is 79.4 Å². The summed E-state index contributed by atoms with van der Waals surface area (Å²) in [6.45, 7) is 5.02. The number of nitrogens with one attached hydrogen (secondary N) is 1. The maximum Gasteiger partial charge on any atom is 0.225 e. The van der Waals surface area contributed by atoms with Crippen molar-refractivity contribution in [3.63, 3.8) is 0 Å². The molecule has 0 radical (unpaired) electrons. The summed E-state index contributed by atoms with van der Waals surface area (Å²) < 4.78 is 10.9. The number of piperidine rings is 1. The summed E-state index contributed by atoms with van der Waals surface area (Å²) in [5.74, 6) is 2.76. The molecule has 2 saturated heterocycles. The zero-order valence-corrected chi connectivity index (χ0v) is 19.5. The lowest BCUT2D eigenvalue weighted by molar-refractivity contribution is 0.198. The monoisotopic (exact) mass is 448 g/mol. The van der Waals surface area contributed by atoms with E-state index in [1.54, 1.807) is 14.2 Å². The first kappa shape index (κ1) is 21.7. The van der Waals surface area contributed by atoms with Crippen molar-refractivity contribution in [3.8, 4) is 22.8 Å². The maximum absolute atomic E-state index is 5.48. The molecule has 1 unspecified atom stereocenters. The Bertz CT molecular complexity index is 1080. The third-order valence-electron chi connectivity index (χ3n) is 6.74. The molecule has 8 nitrogen and oxygen atoms in total. The standard InChI is InChI=1S/C25H32N6O2/c1-32-22-8-7-18(14-23(22)33-2)16-30-11-5-6-19(17-30)24-20(15-27-29-24)21-9-10-26-25(28-21)31-12-3-4-13-31/h7-10,14-15,19H,3-6,11-13,16-17H2,1-2H3,(H,27,29). The van der Waals surface area contributed by atoms with Gasteiger partial charge in [0.05, 0.1) is 26.1 Å². The number of aromatic nitrogens is 4. The quantitative estimate of drug-likeness (QED) is 0.588. The van der Waals surface area contributed by atoms with E-state index in [2.05, 4.69) is 37.1 Å². The van der Waals surface area contributed by atoms with Crippen molar-refractivity contribution in [2.24, 2.45) is 0 Å². The first-order valence-electron chi connectivity index (χ1n) is 11.8. The minimum atomic E-state index is 0.390. The van der Waals surface area contributed by atoms with Crippen LogP contribution in [0.5, 0.6) is 11.5 Å². The van der Waals surface area contributed by atoms with Gasteiger partial charge in [-0.3, -0.25) is 10.00 Å². The van der Waals surface area contributed by atoms with Crippen LogP contribution >= 0.6 is 0 Å². The van der Waals surface area contributed by atoms with Gasteiger partial charge in [0.1, 0.15) is 0 Å². The molecule has 2 aromatic heterocycles. The number of likely N-dealkylation sites (tertiary alicyclic amines) is 1. The van der Waals surface area contributed by atoms with Gasteiger partial charge < -0.3 is 14.4 Å². The Morgan fingerprint density at radius 2 is 1.88 bits per heavy atom. The predicted molar refractivity (Wildman–Crippen MR) is 128 cm³/mol. The van der Waals surface area contributed by atoms with Gasteiger partial charge in [0.2, 0.25) is 5.95 Å². The molecule has 174 valence electrons. The highest BCUT2D eigenvalue weighted by Crippen LogP contribution is 2.34. The SMILES string of the molecule is COc1ccc(CN2CCCC(c3[nH]ncc3-c3ccnc(N4CCCC4)n3)C2)cc1OC. The number of rotatable bonds is 7. The highest BCUT2D eigenvalue weighted by atomic mass is 16.5. The zero-order valence-electron chi connectivity index (χ0n) is 19.5. The Kier molecular flexibility index (Phi) is 6.44. The van der Waals surface area contributed by atoms with E-state index >= 15 is 0 Å². The molecule has 1 N–H and O–H groups in total. The molecular weight excluding hydrogens is 416 g/mol. The number of ether oxygens (including phenoxy) is 2. The molecule has 2 aliphatic rings. The summed E-state index contributed by atoms with van der Waals surface area (Å²) in [6.07, 6.45) is 8.50. The van der Waals surface area contributed by atoms with Gasteiger partial charge in [-0.15, -0.1) is 0 Å². The summed E-state index contributed by atoms with van der Waals surface area (Å²) in [6, 6.07) is 8.17. The fraction of sp³-hybridized carbons (Fsp3) is 0.480. The molecule has 0 saturated carbocycles. The molecule has 33 heavy (non-hydrogen) atoms. The normalized spacial score (nSPS) is 19.1. The number of hydrogen-bond acceptors (Lipinski definition) is 7. The Morgan fingerprint density at radius 3 is 2.70 bits per heavy atom. The molecule has 8 heteroatoms. The smallest absolute Gasteiger partial charge is 0.225 e. The summed E-state index contributed by atoms with van der Waals surface area (Å²) in [7, 11) is 3.35. The maximum atomic E-state index is 5.48. The molecule has 0 bridgehead atoms. The van der Waals surface area contributed by atoms with Crippen molar-refractivity contribution < 1.29 is 9.47 Å². The summed E-state index contributed by atoms with van der Waals surface area (Å²) >= 11 is 0. The molecular formula is C25H32N6O2. The highest BCUT2D eigenvalue weighted by Gasteiger charge is 2.26. The van der Waals surface area contributed by atoms with E-state index in [4.69, 9.17) is 14.5 Å². The molecule has 4 heterocycles. The Labute approximate surface area is 194 Å². The fourth-order valence-electron chi connectivity index (χ4n) is 5.05. The predicted octanol–water partition coefficient (Wildman–Crippen LogP) is 3.86. The number of anilines is 1. The molecule has 1 atom stereocenters. The second kappa shape index (κ2) is 9.79. The van der Waals surface area contributed by atoms with Gasteiger partial charge in [0.25, 0.3) is 0 Å². The van der Waals surface area contributed by atoms with Crippen LogP contribution in [0.4, 0.5) is 5.95 Å². The van der Waals surface area contributed by atoms with Crippen LogP contribution in [-0.2, 0) is 6.54 Å². The van der Waals surface area contributed by atoms with Gasteiger partial charge in [-0.25, -0.2) is 9.97 Å². The van der Waals surface area contributed by atoms with E-state index in [9.17, 15) is 0 Å². The molecule has 1 aromatic carbocycles. The molecule has 2 fully saturated rings. The number of methoxy groups -OCH3 is 2. The summed E-state index contributed by atoms with van der Waals surface area (Å²) in [4.78, 5) is 14.2. The summed E-state index contributed by atoms with van der Waals surface area (Å²) in [5.41, 5.74) is 4.45. The van der Waals surface area contributed by atoms with E-state index in [1.165, 1.54) is 24.1 Å². The Morgan fingerprint density at radius 1 is 1.03 bits per heavy atom. The van der Waals surface area contributed by atoms with Crippen LogP contribution < -0.4 is 14.4 Å². The van der Waals surface area contributed by atoms with Crippen molar-refractivity contribution >= 4 is 5.95 Å². The van der Waals surface area contributed by atoms with E-state index in [0.717, 1.165) is 74.3 Å². The molecule has 2 aliphatic heterocycles. The second-order valence-electron chi connectivity index (χ2n) is 8.90. The third-order valence-corrected chi connectivity index (χ3v) is 6.74. The van der Waals surface area contributed by atoms with Crippen molar-refractivity contribution in [2.75, 3.05) is 45.3 Å². The average Bonchev–Trinajstić information content (AvgIpc) is 3.57. The van der Waals surface area contributed by atoms with Crippen molar-refractivity contribution in [2.45, 2.75) is 38.1 Å². The van der Waals surface area contributed by atoms with Gasteiger partial charge in [0, 0.05) is 49.6 Å². The number of H-pyrrole nitrogens is 1. The van der Waals surface area contributed by atoms with Gasteiger partial charge in [-0.05, 0) is 56.0 Å². The van der Waals surface area contributed by atoms with Crippen molar-refractivity contribution in [1.82, 2.24) is 25.1 Å². The third kappa shape index (κ3) is 4.66. The number of hydrogen-bond donors (Lipinski definition) is 1. The minimum Gasteiger partial charge on any atom is -0.493 e. The first-order valence-corrected chi connectivity index (χ1v) is 11.8. The van der Waals surface area contributed by atoms with Gasteiger partial charge in [-0.2, -0.15) is 5.10 Å². The summed E-state index contributed by atoms with van der Waals surface area (Å²) in [5, 5.41) is 7.70. The second-order valence-corrected chi connectivity index (χ2v) is 8.90. The van der Waals surface area contributed by atoms with Crippen molar-refractivity contribution in [1.29, 1.82) is 0 Å². The number of aromatic amines is 1. The van der Waals surface area contributed by atoms with Gasteiger partial charge in [0.15, 0.2) is 11.5 Å². The Balaban J connectivity index is 1.32. The first-order chi connectivity index (χ1) is 16.2. The average molecular weight is 449 g/mol. The van der Waals surface area contributed by atoms with Crippen LogP contribution in [-0.4, -0.2) is 65.5 Å². The van der Waals surface area contributed by atoms with Gasteiger partial charge in [-0.1, -0.05) is 6.07 Å². The van der Waals surface area contributed by atoms with Crippen LogP contribution in [0.25, 0.3) is 11.3 Å². The largest absolute Gasteiger partial charge is 0.493 e. The van der Waals surface area contributed by atoms with E-state index in [-0.39, 0.29) is 0 Å². The molecule has 0 amide bonds. The molecule has 5 rings (SSSR count). The number of benzene rings is 1. The van der Waals surface area contributed by atoms with E-state index < -0.39 is 0 Å². The zero-order chi connectivity index (χ0) is 22.6. The fourth-order valence-corrected chi connectivity index (χ4v) is 5.05. The number of nitrogens with zero attached hydrogens (tertiary/aromatic N) is 5. The van der Waals surface area contributed by atoms with Crippen LogP contribution in [0.1, 0.15) is 42.9 Å². The molecule has 3 aromatic rings. The van der Waals surface area contributed by atoms with E-state index in [1.807, 2.05) is 24.5 Å². The van der Waals surface area contributed by atoms with Crippen LogP contribution in [0.2, 0.25) is 0 Å². The van der Waals surface area contributed by atoms with Crippen molar-refractivity contribution in [3.05, 3.63) is 47.9 Å². The van der Waals surface area contributed by atoms with Crippen LogP contribution in [0.3, 0.4) is 0 Å². The minimum absolute atomic E-state index is 0.390. The lowest BCUT2D eigenvalue weighted by Crippen LogP contribution is -2.34.